The van der Waals surface area contributed by atoms with Crippen molar-refractivity contribution in [3.8, 4) is 0 Å². The first-order chi connectivity index (χ1) is 9.56. The van der Waals surface area contributed by atoms with Crippen LogP contribution in [0.1, 0.15) is 23.0 Å². The van der Waals surface area contributed by atoms with E-state index in [0.29, 0.717) is 17.8 Å². The zero-order chi connectivity index (χ0) is 14.5. The molecule has 1 N–H and O–H groups in total. The van der Waals surface area contributed by atoms with E-state index in [1.165, 1.54) is 18.3 Å². The molecule has 0 atom stereocenters. The van der Waals surface area contributed by atoms with E-state index < -0.39 is 0 Å². The lowest BCUT2D eigenvalue weighted by atomic mass is 10.1. The Morgan fingerprint density at radius 1 is 1.30 bits per heavy atom. The standard InChI is InChI=1S/C14H15N3O2S/c1-10(18)11-3-5-12(6-4-11)16-14(19)17(2)7-13-8-20-9-15-13/h3-6,8-9H,7H2,1-2H3,(H,16,19). The van der Waals surface area contributed by atoms with Crippen LogP contribution in [0.4, 0.5) is 10.5 Å². The molecule has 0 fully saturated rings. The van der Waals surface area contributed by atoms with Crippen LogP contribution in [0.3, 0.4) is 0 Å². The van der Waals surface area contributed by atoms with Gasteiger partial charge in [0.05, 0.1) is 17.7 Å². The summed E-state index contributed by atoms with van der Waals surface area (Å²) in [5.41, 5.74) is 3.88. The summed E-state index contributed by atoms with van der Waals surface area (Å²) in [6.07, 6.45) is 0. The summed E-state index contributed by atoms with van der Waals surface area (Å²) in [5.74, 6) is 0.00327. The normalized spacial score (nSPS) is 10.1. The molecule has 6 heteroatoms. The second kappa shape index (κ2) is 6.29. The van der Waals surface area contributed by atoms with E-state index >= 15 is 0 Å². The number of carbonyl (C=O) groups excluding carboxylic acids is 2. The molecule has 20 heavy (non-hydrogen) atoms. The van der Waals surface area contributed by atoms with Crippen LogP contribution >= 0.6 is 11.3 Å². The van der Waals surface area contributed by atoms with Gasteiger partial charge in [-0.15, -0.1) is 11.3 Å². The number of benzene rings is 1. The van der Waals surface area contributed by atoms with E-state index in [0.717, 1.165) is 5.69 Å². The Kier molecular flexibility index (Phi) is 4.47. The lowest BCUT2D eigenvalue weighted by Gasteiger charge is -2.16. The number of urea groups is 1. The van der Waals surface area contributed by atoms with Crippen molar-refractivity contribution in [1.82, 2.24) is 9.88 Å². The third-order valence-corrected chi connectivity index (χ3v) is 3.41. The van der Waals surface area contributed by atoms with Crippen molar-refractivity contribution in [1.29, 1.82) is 0 Å². The fourth-order valence-corrected chi connectivity index (χ4v) is 2.19. The molecule has 0 bridgehead atoms. The van der Waals surface area contributed by atoms with Gasteiger partial charge in [0.2, 0.25) is 0 Å². The minimum Gasteiger partial charge on any atom is -0.322 e. The van der Waals surface area contributed by atoms with Crippen LogP contribution in [0.15, 0.2) is 35.2 Å². The second-order valence-electron chi connectivity index (χ2n) is 4.40. The maximum Gasteiger partial charge on any atom is 0.321 e. The molecule has 0 spiro atoms. The van der Waals surface area contributed by atoms with Crippen LogP contribution < -0.4 is 5.32 Å². The van der Waals surface area contributed by atoms with Gasteiger partial charge < -0.3 is 10.2 Å². The SMILES string of the molecule is CC(=O)c1ccc(NC(=O)N(C)Cc2cscn2)cc1. The van der Waals surface area contributed by atoms with Gasteiger partial charge in [-0.05, 0) is 31.2 Å². The van der Waals surface area contributed by atoms with Crippen molar-refractivity contribution < 1.29 is 9.59 Å². The van der Waals surface area contributed by atoms with E-state index in [2.05, 4.69) is 10.3 Å². The summed E-state index contributed by atoms with van der Waals surface area (Å²) in [4.78, 5) is 28.8. The monoisotopic (exact) mass is 289 g/mol. The minimum absolute atomic E-state index is 0.00327. The molecule has 0 aliphatic carbocycles. The summed E-state index contributed by atoms with van der Waals surface area (Å²) in [6, 6.07) is 6.60. The van der Waals surface area contributed by atoms with Gasteiger partial charge in [0.15, 0.2) is 5.78 Å². The predicted octanol–water partition coefficient (Wildman–Crippen LogP) is 3.01. The number of anilines is 1. The molecule has 1 aromatic carbocycles. The molecule has 0 aliphatic heterocycles. The van der Waals surface area contributed by atoms with E-state index in [-0.39, 0.29) is 11.8 Å². The lowest BCUT2D eigenvalue weighted by Crippen LogP contribution is -2.30. The summed E-state index contributed by atoms with van der Waals surface area (Å²) < 4.78 is 0. The highest BCUT2D eigenvalue weighted by Gasteiger charge is 2.10. The number of hydrogen-bond acceptors (Lipinski definition) is 4. The Morgan fingerprint density at radius 2 is 2.00 bits per heavy atom. The predicted molar refractivity (Wildman–Crippen MR) is 79.0 cm³/mol. The Balaban J connectivity index is 1.95. The summed E-state index contributed by atoms with van der Waals surface area (Å²) >= 11 is 1.50. The van der Waals surface area contributed by atoms with Crippen LogP contribution in [0.5, 0.6) is 0 Å². The van der Waals surface area contributed by atoms with Crippen LogP contribution in [-0.4, -0.2) is 28.7 Å². The molecule has 1 heterocycles. The molecule has 0 unspecified atom stereocenters. The van der Waals surface area contributed by atoms with Crippen molar-refractivity contribution in [3.63, 3.8) is 0 Å². The zero-order valence-electron chi connectivity index (χ0n) is 11.3. The number of rotatable bonds is 4. The second-order valence-corrected chi connectivity index (χ2v) is 5.12. The molecule has 2 aromatic rings. The van der Waals surface area contributed by atoms with Gasteiger partial charge in [-0.3, -0.25) is 4.79 Å². The number of aromatic nitrogens is 1. The third-order valence-electron chi connectivity index (χ3n) is 2.77. The van der Waals surface area contributed by atoms with Crippen LogP contribution in [0.25, 0.3) is 0 Å². The molecule has 0 radical (unpaired) electrons. The van der Waals surface area contributed by atoms with Gasteiger partial charge in [-0.1, -0.05) is 0 Å². The largest absolute Gasteiger partial charge is 0.322 e. The van der Waals surface area contributed by atoms with Crippen LogP contribution in [0, 0.1) is 0 Å². The van der Waals surface area contributed by atoms with Gasteiger partial charge in [0.25, 0.3) is 0 Å². The summed E-state index contributed by atoms with van der Waals surface area (Å²) in [7, 11) is 1.71. The van der Waals surface area contributed by atoms with Crippen molar-refractivity contribution in [2.45, 2.75) is 13.5 Å². The van der Waals surface area contributed by atoms with Gasteiger partial charge in [0.1, 0.15) is 0 Å². The molecular formula is C14H15N3O2S. The lowest BCUT2D eigenvalue weighted by molar-refractivity contribution is 0.101. The summed E-state index contributed by atoms with van der Waals surface area (Å²) in [6.45, 7) is 1.97. The molecule has 2 rings (SSSR count). The highest BCUT2D eigenvalue weighted by Crippen LogP contribution is 2.11. The molecular weight excluding hydrogens is 274 g/mol. The van der Waals surface area contributed by atoms with E-state index in [4.69, 9.17) is 0 Å². The molecule has 0 saturated carbocycles. The van der Waals surface area contributed by atoms with Crippen LogP contribution in [-0.2, 0) is 6.54 Å². The molecule has 104 valence electrons. The van der Waals surface area contributed by atoms with Crippen molar-refractivity contribution in [2.24, 2.45) is 0 Å². The molecule has 1 aromatic heterocycles. The quantitative estimate of drug-likeness (QED) is 0.880. The zero-order valence-corrected chi connectivity index (χ0v) is 12.1. The molecule has 0 aliphatic rings. The number of hydrogen-bond donors (Lipinski definition) is 1. The number of Topliss-reactive ketones (excluding diaryl/α,β-unsaturated/α-hetero) is 1. The topological polar surface area (TPSA) is 62.3 Å². The molecule has 0 saturated heterocycles. The number of nitrogens with zero attached hydrogens (tertiary/aromatic N) is 2. The van der Waals surface area contributed by atoms with Gasteiger partial charge in [-0.2, -0.15) is 0 Å². The first-order valence-electron chi connectivity index (χ1n) is 6.06. The van der Waals surface area contributed by atoms with Crippen molar-refractivity contribution >= 4 is 28.8 Å². The van der Waals surface area contributed by atoms with E-state index in [1.54, 1.807) is 41.7 Å². The Hall–Kier alpha value is -2.21. The van der Waals surface area contributed by atoms with E-state index in [1.807, 2.05) is 5.38 Å². The number of ketones is 1. The fourth-order valence-electron chi connectivity index (χ4n) is 1.64. The maximum atomic E-state index is 12.0. The number of carbonyl (C=O) groups is 2. The minimum atomic E-state index is -0.214. The number of nitrogens with one attached hydrogen (secondary N) is 1. The maximum absolute atomic E-state index is 12.0. The first kappa shape index (κ1) is 14.2. The Bertz CT molecular complexity index is 593. The van der Waals surface area contributed by atoms with Gasteiger partial charge in [0, 0.05) is 23.7 Å². The first-order valence-corrected chi connectivity index (χ1v) is 7.00. The Labute approximate surface area is 121 Å². The number of amides is 2. The molecule has 2 amide bonds. The highest BCUT2D eigenvalue weighted by molar-refractivity contribution is 7.07. The van der Waals surface area contributed by atoms with Gasteiger partial charge in [-0.25, -0.2) is 9.78 Å². The average molecular weight is 289 g/mol. The van der Waals surface area contributed by atoms with Crippen LogP contribution in [0.2, 0.25) is 0 Å². The van der Waals surface area contributed by atoms with Crippen molar-refractivity contribution in [2.75, 3.05) is 12.4 Å². The average Bonchev–Trinajstić information content (AvgIpc) is 2.92. The fraction of sp³-hybridized carbons (Fsp3) is 0.214. The Morgan fingerprint density at radius 3 is 2.55 bits per heavy atom. The smallest absolute Gasteiger partial charge is 0.321 e. The van der Waals surface area contributed by atoms with E-state index in [9.17, 15) is 9.59 Å². The summed E-state index contributed by atoms with van der Waals surface area (Å²) in [5, 5.41) is 4.68. The molecule has 5 nitrogen and oxygen atoms in total. The van der Waals surface area contributed by atoms with Crippen molar-refractivity contribution in [3.05, 3.63) is 46.4 Å². The number of thiazole rings is 1. The third kappa shape index (κ3) is 3.64. The van der Waals surface area contributed by atoms with Gasteiger partial charge >= 0.3 is 6.03 Å². The highest BCUT2D eigenvalue weighted by atomic mass is 32.1.